The van der Waals surface area contributed by atoms with E-state index in [2.05, 4.69) is 0 Å². The zero-order valence-electron chi connectivity index (χ0n) is 7.59. The highest BCUT2D eigenvalue weighted by Crippen LogP contribution is 2.33. The Labute approximate surface area is 76.7 Å². The third kappa shape index (κ3) is 1.24. The molecule has 1 saturated carbocycles. The second-order valence-electron chi connectivity index (χ2n) is 3.48. The minimum absolute atomic E-state index is 0.227. The molecule has 2 rings (SSSR count). The van der Waals surface area contributed by atoms with Gasteiger partial charge in [-0.1, -0.05) is 0 Å². The lowest BCUT2D eigenvalue weighted by molar-refractivity contribution is -0.115. The lowest BCUT2D eigenvalue weighted by Crippen LogP contribution is -2.01. The van der Waals surface area contributed by atoms with Crippen LogP contribution in [-0.4, -0.2) is 10.9 Å². The summed E-state index contributed by atoms with van der Waals surface area (Å²) in [6.07, 6.45) is 4.10. The van der Waals surface area contributed by atoms with E-state index in [0.717, 1.165) is 31.3 Å². The fourth-order valence-electron chi connectivity index (χ4n) is 1.78. The maximum atomic E-state index is 11.4. The van der Waals surface area contributed by atoms with Gasteiger partial charge in [0.2, 0.25) is 5.76 Å². The van der Waals surface area contributed by atoms with Crippen LogP contribution in [0.3, 0.4) is 0 Å². The Bertz CT molecular complexity index is 315. The summed E-state index contributed by atoms with van der Waals surface area (Å²) in [4.78, 5) is 11.4. The SMILES string of the molecule is CC1=C(O)C(=O)C(=C2CCCC2)O1. The number of hydrogen-bond donors (Lipinski definition) is 1. The lowest BCUT2D eigenvalue weighted by Gasteiger charge is -2.01. The van der Waals surface area contributed by atoms with Gasteiger partial charge in [-0.2, -0.15) is 0 Å². The van der Waals surface area contributed by atoms with Crippen LogP contribution in [0.15, 0.2) is 22.9 Å². The molecule has 0 aromatic rings. The minimum atomic E-state index is -0.339. The van der Waals surface area contributed by atoms with Crippen LogP contribution in [0, 0.1) is 0 Å². The van der Waals surface area contributed by atoms with Gasteiger partial charge in [0.05, 0.1) is 0 Å². The fraction of sp³-hybridized carbons (Fsp3) is 0.500. The normalized spacial score (nSPS) is 23.0. The van der Waals surface area contributed by atoms with E-state index in [9.17, 15) is 9.90 Å². The van der Waals surface area contributed by atoms with Gasteiger partial charge in [0, 0.05) is 0 Å². The first-order valence-corrected chi connectivity index (χ1v) is 4.54. The number of ketones is 1. The van der Waals surface area contributed by atoms with Crippen molar-refractivity contribution in [2.45, 2.75) is 32.6 Å². The molecular formula is C10H12O3. The zero-order valence-corrected chi connectivity index (χ0v) is 7.59. The van der Waals surface area contributed by atoms with Gasteiger partial charge in [-0.05, 0) is 38.2 Å². The van der Waals surface area contributed by atoms with Gasteiger partial charge >= 0.3 is 0 Å². The van der Waals surface area contributed by atoms with Crippen LogP contribution < -0.4 is 0 Å². The van der Waals surface area contributed by atoms with Crippen LogP contribution in [0.1, 0.15) is 32.6 Å². The summed E-state index contributed by atoms with van der Waals surface area (Å²) in [5.74, 6) is 0.149. The molecule has 1 fully saturated rings. The lowest BCUT2D eigenvalue weighted by atomic mass is 10.1. The molecule has 0 aromatic heterocycles. The van der Waals surface area contributed by atoms with Crippen molar-refractivity contribution >= 4 is 5.78 Å². The van der Waals surface area contributed by atoms with Crippen LogP contribution in [0.2, 0.25) is 0 Å². The van der Waals surface area contributed by atoms with Gasteiger partial charge in [0.25, 0.3) is 5.78 Å². The summed E-state index contributed by atoms with van der Waals surface area (Å²) in [5, 5.41) is 9.27. The van der Waals surface area contributed by atoms with Crippen molar-refractivity contribution in [3.8, 4) is 0 Å². The monoisotopic (exact) mass is 180 g/mol. The van der Waals surface area contributed by atoms with Crippen molar-refractivity contribution < 1.29 is 14.6 Å². The molecule has 13 heavy (non-hydrogen) atoms. The molecule has 0 saturated heterocycles. The first-order chi connectivity index (χ1) is 6.20. The summed E-state index contributed by atoms with van der Waals surface area (Å²) >= 11 is 0. The molecule has 1 aliphatic carbocycles. The van der Waals surface area contributed by atoms with Crippen molar-refractivity contribution in [1.82, 2.24) is 0 Å². The topological polar surface area (TPSA) is 46.5 Å². The van der Waals surface area contributed by atoms with Crippen LogP contribution in [-0.2, 0) is 9.53 Å². The highest BCUT2D eigenvalue weighted by atomic mass is 16.5. The van der Waals surface area contributed by atoms with Crippen molar-refractivity contribution in [2.75, 3.05) is 0 Å². The summed E-state index contributed by atoms with van der Waals surface area (Å²) in [6.45, 7) is 1.61. The largest absolute Gasteiger partial charge is 0.502 e. The third-order valence-corrected chi connectivity index (χ3v) is 2.54. The number of allylic oxidation sites excluding steroid dienone is 2. The van der Waals surface area contributed by atoms with E-state index in [-0.39, 0.29) is 11.5 Å². The summed E-state index contributed by atoms with van der Waals surface area (Å²) in [7, 11) is 0. The van der Waals surface area contributed by atoms with E-state index in [1.807, 2.05) is 0 Å². The van der Waals surface area contributed by atoms with Gasteiger partial charge < -0.3 is 9.84 Å². The number of carbonyl (C=O) groups excluding carboxylic acids is 1. The number of aliphatic hydroxyl groups excluding tert-OH is 1. The van der Waals surface area contributed by atoms with Gasteiger partial charge in [0.15, 0.2) is 5.76 Å². The zero-order chi connectivity index (χ0) is 9.42. The van der Waals surface area contributed by atoms with Crippen molar-refractivity contribution in [3.05, 3.63) is 22.9 Å². The molecule has 0 bridgehead atoms. The Morgan fingerprint density at radius 3 is 2.38 bits per heavy atom. The molecule has 0 radical (unpaired) electrons. The van der Waals surface area contributed by atoms with Crippen LogP contribution in [0.25, 0.3) is 0 Å². The Morgan fingerprint density at radius 2 is 1.92 bits per heavy atom. The Hall–Kier alpha value is -1.25. The van der Waals surface area contributed by atoms with Gasteiger partial charge in [-0.25, -0.2) is 0 Å². The summed E-state index contributed by atoms with van der Waals surface area (Å²) in [5.41, 5.74) is 1.06. The summed E-state index contributed by atoms with van der Waals surface area (Å²) < 4.78 is 5.23. The smallest absolute Gasteiger partial charge is 0.265 e. The Balaban J connectivity index is 2.31. The first-order valence-electron chi connectivity index (χ1n) is 4.54. The standard InChI is InChI=1S/C10H12O3/c1-6-8(11)9(12)10(13-6)7-4-2-3-5-7/h11H,2-5H2,1H3. The van der Waals surface area contributed by atoms with E-state index in [1.54, 1.807) is 6.92 Å². The first kappa shape index (κ1) is 8.35. The van der Waals surface area contributed by atoms with Crippen molar-refractivity contribution in [1.29, 1.82) is 0 Å². The van der Waals surface area contributed by atoms with Crippen LogP contribution in [0.5, 0.6) is 0 Å². The molecule has 0 atom stereocenters. The molecule has 3 heteroatoms. The quantitative estimate of drug-likeness (QED) is 0.581. The second-order valence-corrected chi connectivity index (χ2v) is 3.48. The van der Waals surface area contributed by atoms with Gasteiger partial charge in [0.1, 0.15) is 5.76 Å². The van der Waals surface area contributed by atoms with Crippen molar-refractivity contribution in [3.63, 3.8) is 0 Å². The molecule has 1 aliphatic heterocycles. The molecule has 0 aromatic carbocycles. The molecule has 1 heterocycles. The maximum Gasteiger partial charge on any atom is 0.265 e. The molecule has 70 valence electrons. The number of rotatable bonds is 0. The average Bonchev–Trinajstić information content (AvgIpc) is 2.70. The van der Waals surface area contributed by atoms with E-state index in [0.29, 0.717) is 11.5 Å². The average molecular weight is 180 g/mol. The van der Waals surface area contributed by atoms with Gasteiger partial charge in [-0.15, -0.1) is 0 Å². The maximum absolute atomic E-state index is 11.4. The number of hydrogen-bond acceptors (Lipinski definition) is 3. The predicted molar refractivity (Wildman–Crippen MR) is 46.9 cm³/mol. The number of carbonyl (C=O) groups is 1. The fourth-order valence-corrected chi connectivity index (χ4v) is 1.78. The number of Topliss-reactive ketones (excluding diaryl/α,β-unsaturated/α-hetero) is 1. The number of ether oxygens (including phenoxy) is 1. The highest BCUT2D eigenvalue weighted by molar-refractivity contribution is 6.07. The summed E-state index contributed by atoms with van der Waals surface area (Å²) in [6, 6.07) is 0. The molecule has 0 amide bonds. The second kappa shape index (κ2) is 2.91. The van der Waals surface area contributed by atoms with E-state index in [4.69, 9.17) is 4.74 Å². The Morgan fingerprint density at radius 1 is 1.31 bits per heavy atom. The Kier molecular flexibility index (Phi) is 1.87. The van der Waals surface area contributed by atoms with Crippen LogP contribution in [0.4, 0.5) is 0 Å². The van der Waals surface area contributed by atoms with E-state index >= 15 is 0 Å². The third-order valence-electron chi connectivity index (χ3n) is 2.54. The van der Waals surface area contributed by atoms with E-state index in [1.165, 1.54) is 0 Å². The number of aliphatic hydroxyl groups is 1. The molecule has 1 N–H and O–H groups in total. The van der Waals surface area contributed by atoms with Gasteiger partial charge in [-0.3, -0.25) is 4.79 Å². The predicted octanol–water partition coefficient (Wildman–Crippen LogP) is 2.20. The highest BCUT2D eigenvalue weighted by Gasteiger charge is 2.31. The molecule has 2 aliphatic rings. The molecule has 3 nitrogen and oxygen atoms in total. The molecule has 0 spiro atoms. The van der Waals surface area contributed by atoms with Crippen LogP contribution >= 0.6 is 0 Å². The van der Waals surface area contributed by atoms with Crippen molar-refractivity contribution in [2.24, 2.45) is 0 Å². The minimum Gasteiger partial charge on any atom is -0.502 e. The molecular weight excluding hydrogens is 168 g/mol. The van der Waals surface area contributed by atoms with E-state index < -0.39 is 0 Å². The molecule has 0 unspecified atom stereocenters.